The highest BCUT2D eigenvalue weighted by Gasteiger charge is 2.17. The fourth-order valence-corrected chi connectivity index (χ4v) is 1.06. The molecule has 1 nitrogen and oxygen atoms in total. The van der Waals surface area contributed by atoms with Gasteiger partial charge in [-0.05, 0) is 25.5 Å². The van der Waals surface area contributed by atoms with Gasteiger partial charge in [-0.3, -0.25) is 0 Å². The Bertz CT molecular complexity index is 111. The van der Waals surface area contributed by atoms with Crippen LogP contribution in [0.4, 0.5) is 0 Å². The fourth-order valence-electron chi connectivity index (χ4n) is 1.06. The minimum atomic E-state index is 0.725. The zero-order valence-corrected chi connectivity index (χ0v) is 5.65. The second-order valence-corrected chi connectivity index (χ2v) is 2.56. The van der Waals surface area contributed by atoms with Gasteiger partial charge in [0.05, 0.1) is 0 Å². The van der Waals surface area contributed by atoms with Crippen molar-refractivity contribution < 1.29 is 0 Å². The lowest BCUT2D eigenvalue weighted by atomic mass is 10.2. The highest BCUT2D eigenvalue weighted by Crippen LogP contribution is 2.21. The zero-order chi connectivity index (χ0) is 6.15. The lowest BCUT2D eigenvalue weighted by Gasteiger charge is -2.18. The van der Waals surface area contributed by atoms with Crippen LogP contribution in [0, 0.1) is 0 Å². The summed E-state index contributed by atoms with van der Waals surface area (Å²) < 4.78 is 0. The molecule has 0 saturated carbocycles. The summed E-state index contributed by atoms with van der Waals surface area (Å²) >= 11 is 0. The van der Waals surface area contributed by atoms with Crippen molar-refractivity contribution in [1.29, 1.82) is 0 Å². The third-order valence-corrected chi connectivity index (χ3v) is 2.01. The van der Waals surface area contributed by atoms with Gasteiger partial charge in [-0.15, -0.1) is 0 Å². The molecular weight excluding hydrogens is 96.9 g/mol. The van der Waals surface area contributed by atoms with Gasteiger partial charge in [-0.25, -0.2) is 0 Å². The first-order chi connectivity index (χ1) is 3.72. The maximum absolute atomic E-state index is 3.91. The summed E-state index contributed by atoms with van der Waals surface area (Å²) in [5.41, 5.74) is 1.29. The summed E-state index contributed by atoms with van der Waals surface area (Å²) in [5.74, 6) is 0. The largest absolute Gasteiger partial charge is 0.423 e. The molecule has 1 aliphatic heterocycles. The normalized spacial score (nSPS) is 29.4. The van der Waals surface area contributed by atoms with Crippen LogP contribution < -0.4 is 0 Å². The van der Waals surface area contributed by atoms with Crippen molar-refractivity contribution in [3.05, 3.63) is 12.3 Å². The summed E-state index contributed by atoms with van der Waals surface area (Å²) in [7, 11) is 2.11. The second kappa shape index (κ2) is 1.84. The molecule has 0 aromatic heterocycles. The van der Waals surface area contributed by atoms with E-state index in [9.17, 15) is 0 Å². The molecule has 0 aromatic carbocycles. The second-order valence-electron chi connectivity index (χ2n) is 2.56. The van der Waals surface area contributed by atoms with Gasteiger partial charge in [0.15, 0.2) is 0 Å². The van der Waals surface area contributed by atoms with Crippen LogP contribution in [0.5, 0.6) is 0 Å². The average Bonchev–Trinajstić information content (AvgIpc) is 1.98. The number of rotatable bonds is 0. The van der Waals surface area contributed by atoms with E-state index in [0.29, 0.717) is 0 Å². The van der Waals surface area contributed by atoms with Gasteiger partial charge in [-0.1, -0.05) is 6.58 Å². The molecule has 0 aromatic rings. The third-order valence-electron chi connectivity index (χ3n) is 2.01. The van der Waals surface area contributed by atoms with Crippen molar-refractivity contribution in [3.8, 4) is 0 Å². The number of hydrogen-bond donors (Lipinski definition) is 0. The van der Waals surface area contributed by atoms with E-state index < -0.39 is 0 Å². The van der Waals surface area contributed by atoms with Crippen LogP contribution in [-0.4, -0.2) is 18.8 Å². The molecule has 1 rings (SSSR count). The smallest absolute Gasteiger partial charge is 0.217 e. The molecule has 0 N–H and O–H groups in total. The molecule has 0 aliphatic carbocycles. The van der Waals surface area contributed by atoms with Crippen LogP contribution in [0.2, 0.25) is 0 Å². The average molecular weight is 109 g/mol. The summed E-state index contributed by atoms with van der Waals surface area (Å²) in [6.45, 7) is 6.15. The van der Waals surface area contributed by atoms with E-state index in [1.54, 1.807) is 0 Å². The van der Waals surface area contributed by atoms with Crippen LogP contribution in [-0.2, 0) is 0 Å². The monoisotopic (exact) mass is 109 g/mol. The van der Waals surface area contributed by atoms with E-state index in [1.807, 2.05) is 0 Å². The first kappa shape index (κ1) is 5.74. The first-order valence-corrected chi connectivity index (χ1v) is 3.12. The standard InChI is InChI=1S/C6H12BN/c1-5-3-4-6(2)8(5)7/h6H,1,3-4,7H2,2H3. The van der Waals surface area contributed by atoms with E-state index in [2.05, 4.69) is 26.3 Å². The predicted octanol–water partition coefficient (Wildman–Crippen LogP) is 0.532. The quantitative estimate of drug-likeness (QED) is 0.410. The highest BCUT2D eigenvalue weighted by atomic mass is 15.1. The highest BCUT2D eigenvalue weighted by molar-refractivity contribution is 6.06. The van der Waals surface area contributed by atoms with Gasteiger partial charge in [0, 0.05) is 6.04 Å². The Hall–Kier alpha value is -0.395. The minimum Gasteiger partial charge on any atom is -0.423 e. The molecule has 44 valence electrons. The Morgan fingerprint density at radius 2 is 2.50 bits per heavy atom. The van der Waals surface area contributed by atoms with Crippen molar-refractivity contribution >= 4 is 7.98 Å². The Labute approximate surface area is 51.8 Å². The van der Waals surface area contributed by atoms with Crippen molar-refractivity contribution in [2.45, 2.75) is 25.8 Å². The van der Waals surface area contributed by atoms with E-state index in [-0.39, 0.29) is 0 Å². The van der Waals surface area contributed by atoms with Gasteiger partial charge in [0.1, 0.15) is 0 Å². The van der Waals surface area contributed by atoms with Gasteiger partial charge in [0.25, 0.3) is 0 Å². The molecule has 1 aliphatic rings. The van der Waals surface area contributed by atoms with Gasteiger partial charge in [0.2, 0.25) is 7.98 Å². The molecular formula is C6H12BN. The molecule has 8 heavy (non-hydrogen) atoms. The molecule has 1 fully saturated rings. The molecule has 1 unspecified atom stereocenters. The van der Waals surface area contributed by atoms with Crippen LogP contribution in [0.3, 0.4) is 0 Å². The van der Waals surface area contributed by atoms with E-state index in [0.717, 1.165) is 6.04 Å². The maximum atomic E-state index is 3.91. The first-order valence-electron chi connectivity index (χ1n) is 3.12. The van der Waals surface area contributed by atoms with Crippen LogP contribution in [0.15, 0.2) is 12.3 Å². The molecule has 0 bridgehead atoms. The zero-order valence-electron chi connectivity index (χ0n) is 5.65. The van der Waals surface area contributed by atoms with Crippen LogP contribution in [0.1, 0.15) is 19.8 Å². The van der Waals surface area contributed by atoms with Crippen molar-refractivity contribution in [3.63, 3.8) is 0 Å². The Kier molecular flexibility index (Phi) is 1.32. The predicted molar refractivity (Wildman–Crippen MR) is 38.2 cm³/mol. The summed E-state index contributed by atoms with van der Waals surface area (Å²) in [4.78, 5) is 2.25. The molecule has 0 spiro atoms. The van der Waals surface area contributed by atoms with Crippen LogP contribution in [0.25, 0.3) is 0 Å². The Morgan fingerprint density at radius 1 is 1.88 bits per heavy atom. The van der Waals surface area contributed by atoms with Crippen molar-refractivity contribution in [2.24, 2.45) is 0 Å². The summed E-state index contributed by atoms with van der Waals surface area (Å²) in [5, 5.41) is 0. The van der Waals surface area contributed by atoms with E-state index in [1.165, 1.54) is 18.5 Å². The Morgan fingerprint density at radius 3 is 2.62 bits per heavy atom. The van der Waals surface area contributed by atoms with Gasteiger partial charge < -0.3 is 4.81 Å². The maximum Gasteiger partial charge on any atom is 0.217 e. The number of nitrogens with zero attached hydrogens (tertiary/aromatic N) is 1. The number of allylic oxidation sites excluding steroid dienone is 1. The lowest BCUT2D eigenvalue weighted by Crippen LogP contribution is -2.21. The van der Waals surface area contributed by atoms with Crippen LogP contribution >= 0.6 is 0 Å². The van der Waals surface area contributed by atoms with Crippen molar-refractivity contribution in [1.82, 2.24) is 4.81 Å². The Balaban J connectivity index is 2.56. The molecule has 1 heterocycles. The molecule has 0 amide bonds. The molecule has 1 atom stereocenters. The summed E-state index contributed by atoms with van der Waals surface area (Å²) in [6, 6.07) is 0.725. The fraction of sp³-hybridized carbons (Fsp3) is 0.667. The minimum absolute atomic E-state index is 0.725. The topological polar surface area (TPSA) is 3.24 Å². The van der Waals surface area contributed by atoms with Crippen molar-refractivity contribution in [2.75, 3.05) is 0 Å². The third kappa shape index (κ3) is 0.748. The molecule has 2 heteroatoms. The number of hydrogen-bond acceptors (Lipinski definition) is 1. The lowest BCUT2D eigenvalue weighted by molar-refractivity contribution is 0.493. The molecule has 0 radical (unpaired) electrons. The SMILES string of the molecule is BN1C(=C)CCC1C. The molecule has 1 saturated heterocycles. The summed E-state index contributed by atoms with van der Waals surface area (Å²) in [6.07, 6.45) is 2.48. The van der Waals surface area contributed by atoms with E-state index >= 15 is 0 Å². The van der Waals surface area contributed by atoms with E-state index in [4.69, 9.17) is 0 Å². The van der Waals surface area contributed by atoms with Gasteiger partial charge >= 0.3 is 0 Å². The van der Waals surface area contributed by atoms with Gasteiger partial charge in [-0.2, -0.15) is 0 Å².